The van der Waals surface area contributed by atoms with E-state index in [0.29, 0.717) is 0 Å². The Morgan fingerprint density at radius 1 is 0.556 bits per heavy atom. The molecule has 6 nitrogen and oxygen atoms in total. The van der Waals surface area contributed by atoms with E-state index in [1.165, 1.54) is 0 Å². The second-order valence-corrected chi connectivity index (χ2v) is 1.18. The van der Waals surface area contributed by atoms with Crippen LogP contribution >= 0.6 is 0 Å². The second kappa shape index (κ2) is 33.5. The molecule has 90 valence electrons. The third-order valence-corrected chi connectivity index (χ3v) is 0.574. The fourth-order valence-corrected chi connectivity index (χ4v) is 0.320. The Hall–Kier alpha value is 4.88. The van der Waals surface area contributed by atoms with Crippen LogP contribution < -0.4 is 207 Å². The van der Waals surface area contributed by atoms with Crippen LogP contribution in [0.4, 0.5) is 0 Å². The summed E-state index contributed by atoms with van der Waals surface area (Å²) in [5.41, 5.74) is -3.25. The van der Waals surface area contributed by atoms with Gasteiger partial charge < -0.3 is 67.2 Å². The molecule has 0 spiro atoms. The first-order valence-electron chi connectivity index (χ1n) is 3.18. The van der Waals surface area contributed by atoms with Gasteiger partial charge in [0.1, 0.15) is 0 Å². The van der Waals surface area contributed by atoms with E-state index in [0.717, 1.165) is 0 Å². The van der Waals surface area contributed by atoms with E-state index in [9.17, 15) is 14.4 Å². The first-order valence-corrected chi connectivity index (χ1v) is 5.63. The quantitative estimate of drug-likeness (QED) is 0.307. The van der Waals surface area contributed by atoms with Crippen LogP contribution in [0.5, 0.6) is 0 Å². The molecule has 0 radical (unpaired) electrons. The van der Waals surface area contributed by atoms with Gasteiger partial charge >= 0.3 is 175 Å². The van der Waals surface area contributed by atoms with Crippen LogP contribution in [0.25, 0.3) is 0 Å². The van der Waals surface area contributed by atoms with Crippen LogP contribution in [0, 0.1) is 0 Å². The maximum atomic E-state index is 10.0. The van der Waals surface area contributed by atoms with Crippen molar-refractivity contribution in [2.45, 2.75) is 0 Å². The molecule has 1 heterocycles. The topological polar surface area (TPSA) is 93.5 Å². The zero-order chi connectivity index (χ0) is 12.9. The van der Waals surface area contributed by atoms with Crippen molar-refractivity contribution in [3.05, 3.63) is 31.5 Å². The average molecular weight is 524 g/mol. The molecule has 0 unspecified atom stereocenters. The molecule has 1 rings (SSSR count). The fourth-order valence-electron chi connectivity index (χ4n) is 0.320. The molecular formula is C6H9N3O3Rb3S3-3. The molecule has 0 saturated heterocycles. The van der Waals surface area contributed by atoms with Gasteiger partial charge in [0.15, 0.2) is 0 Å². The summed E-state index contributed by atoms with van der Waals surface area (Å²) in [6, 6.07) is 0. The Balaban J connectivity index is -0.0000000356. The largest absolute Gasteiger partial charge is 1.00 e. The first kappa shape index (κ1) is 38.4. The Morgan fingerprint density at radius 3 is 0.778 bits per heavy atom. The van der Waals surface area contributed by atoms with Crippen LogP contribution in [0.3, 0.4) is 0 Å². The molecule has 0 amide bonds. The van der Waals surface area contributed by atoms with Gasteiger partial charge in [-0.15, -0.1) is 0 Å². The normalized spacial score (nSPS) is 5.67. The van der Waals surface area contributed by atoms with Crippen LogP contribution in [0.1, 0.15) is 0 Å². The van der Waals surface area contributed by atoms with Gasteiger partial charge in [0.25, 0.3) is 0 Å². The molecule has 1 aromatic rings. The van der Waals surface area contributed by atoms with E-state index >= 15 is 0 Å². The maximum absolute atomic E-state index is 10.0. The van der Waals surface area contributed by atoms with E-state index in [1.54, 1.807) is 18.8 Å². The van der Waals surface area contributed by atoms with Crippen molar-refractivity contribution in [2.24, 2.45) is 0 Å². The number of nitrogens with zero attached hydrogens (tertiary/aromatic N) is 3. The van der Waals surface area contributed by atoms with Crippen molar-refractivity contribution in [1.82, 2.24) is 15.0 Å². The van der Waals surface area contributed by atoms with Gasteiger partial charge in [-0.05, 0) is 17.1 Å². The van der Waals surface area contributed by atoms with Crippen molar-refractivity contribution in [2.75, 3.05) is 18.8 Å². The van der Waals surface area contributed by atoms with Gasteiger partial charge in [-0.3, -0.25) is 0 Å². The van der Waals surface area contributed by atoms with Gasteiger partial charge in [-0.1, -0.05) is 0 Å². The molecule has 0 fully saturated rings. The summed E-state index contributed by atoms with van der Waals surface area (Å²) in [6.07, 6.45) is 4.75. The van der Waals surface area contributed by atoms with E-state index in [4.69, 9.17) is 0 Å². The third kappa shape index (κ3) is 29.0. The van der Waals surface area contributed by atoms with E-state index in [-0.39, 0.29) is 175 Å². The summed E-state index contributed by atoms with van der Waals surface area (Å²) >= 11 is 12.2. The first-order chi connectivity index (χ1) is 7.18. The van der Waals surface area contributed by atoms with Crippen molar-refractivity contribution < 1.29 is 175 Å². The minimum atomic E-state index is -1.08. The standard InChI is InChI=1S/C3H3N3O3.3CH4S.3Rb/c7-1-4-2(8)6-3(9)5-1;3*1-2;;;/h(H3,4,5,6,7,8,9);3*2H,1H3;;;/q;;;;3*+1/p-6. The molecule has 0 aliphatic heterocycles. The van der Waals surface area contributed by atoms with Crippen molar-refractivity contribution in [3.63, 3.8) is 0 Å². The molecule has 0 N–H and O–H groups in total. The average Bonchev–Trinajstić information content (AvgIpc) is 2.24. The Morgan fingerprint density at radius 2 is 0.667 bits per heavy atom. The van der Waals surface area contributed by atoms with Crippen molar-refractivity contribution in [1.29, 1.82) is 0 Å². The zero-order valence-corrected chi connectivity index (χ0v) is 28.5. The molecule has 18 heavy (non-hydrogen) atoms. The summed E-state index contributed by atoms with van der Waals surface area (Å²) in [4.78, 5) is 38.2. The molecule has 0 bridgehead atoms. The van der Waals surface area contributed by atoms with Gasteiger partial charge in [0, 0.05) is 0 Å². The summed E-state index contributed by atoms with van der Waals surface area (Å²) in [7, 11) is 0. The van der Waals surface area contributed by atoms with Crippen molar-refractivity contribution >= 4 is 37.9 Å². The SMILES string of the molecule is C[S-].C[S-].C[S-].O=c1[n-]c(=O)[n-]c(=O)[n-]1.[Rb+].[Rb+].[Rb+]. The molecule has 12 heteroatoms. The monoisotopic (exact) mass is 522 g/mol. The maximum Gasteiger partial charge on any atom is 1.00 e. The van der Waals surface area contributed by atoms with Gasteiger partial charge in [0.05, 0.1) is 0 Å². The van der Waals surface area contributed by atoms with E-state index < -0.39 is 17.1 Å². The number of hydrogen-bond acceptors (Lipinski definition) is 6. The smallest absolute Gasteiger partial charge is 0.796 e. The number of aromatic nitrogens is 3. The molecular weight excluding hydrogens is 515 g/mol. The Kier molecular flexibility index (Phi) is 71.5. The summed E-state index contributed by atoms with van der Waals surface area (Å²) < 4.78 is 0. The van der Waals surface area contributed by atoms with Crippen LogP contribution in [0.15, 0.2) is 14.4 Å². The van der Waals surface area contributed by atoms with Gasteiger partial charge in [-0.2, -0.15) is 18.8 Å². The minimum absolute atomic E-state index is 0. The Bertz CT molecular complexity index is 303. The predicted octanol–water partition coefficient (Wildman–Crippen LogP) is -11.9. The minimum Gasteiger partial charge on any atom is -0.796 e. The van der Waals surface area contributed by atoms with E-state index in [2.05, 4.69) is 52.8 Å². The number of hydrogen-bond donors (Lipinski definition) is 0. The fraction of sp³-hybridized carbons (Fsp3) is 0.500. The van der Waals surface area contributed by atoms with Gasteiger partial charge in [0.2, 0.25) is 0 Å². The second-order valence-electron chi connectivity index (χ2n) is 1.18. The molecule has 0 atom stereocenters. The summed E-state index contributed by atoms with van der Waals surface area (Å²) in [6.45, 7) is 0. The molecule has 0 saturated carbocycles. The molecule has 0 aromatic carbocycles. The van der Waals surface area contributed by atoms with E-state index in [1.807, 2.05) is 0 Å². The van der Waals surface area contributed by atoms with Crippen molar-refractivity contribution in [3.8, 4) is 0 Å². The molecule has 0 aliphatic rings. The predicted molar refractivity (Wildman–Crippen MR) is 65.1 cm³/mol. The molecule has 1 aromatic heterocycles. The van der Waals surface area contributed by atoms with Crippen LogP contribution in [-0.4, -0.2) is 18.8 Å². The summed E-state index contributed by atoms with van der Waals surface area (Å²) in [5, 5.41) is 0. The number of rotatable bonds is 0. The van der Waals surface area contributed by atoms with Gasteiger partial charge in [-0.25, -0.2) is 0 Å². The van der Waals surface area contributed by atoms with Crippen LogP contribution in [-0.2, 0) is 37.9 Å². The molecule has 0 aliphatic carbocycles. The zero-order valence-electron chi connectivity index (χ0n) is 11.3. The summed E-state index contributed by atoms with van der Waals surface area (Å²) in [5.74, 6) is 0. The Labute approximate surface area is 269 Å². The third-order valence-electron chi connectivity index (χ3n) is 0.574. The van der Waals surface area contributed by atoms with Crippen LogP contribution in [0.2, 0.25) is 0 Å².